The molecule has 4 nitrogen and oxygen atoms in total. The molecule has 2 N–H and O–H groups in total. The first-order valence-corrected chi connectivity index (χ1v) is 8.29. The molecule has 4 heteroatoms. The zero-order valence-electron chi connectivity index (χ0n) is 14.5. The Hall–Kier alpha value is -2.33. The summed E-state index contributed by atoms with van der Waals surface area (Å²) in [5.41, 5.74) is 8.59. The van der Waals surface area contributed by atoms with Crippen molar-refractivity contribution in [2.75, 3.05) is 18.0 Å². The number of amides is 1. The van der Waals surface area contributed by atoms with Crippen LogP contribution >= 0.6 is 0 Å². The van der Waals surface area contributed by atoms with Crippen LogP contribution in [0.2, 0.25) is 0 Å². The molecule has 0 saturated heterocycles. The summed E-state index contributed by atoms with van der Waals surface area (Å²) in [7, 11) is 0. The maximum absolute atomic E-state index is 13.0. The van der Waals surface area contributed by atoms with Crippen LogP contribution in [0.3, 0.4) is 0 Å². The van der Waals surface area contributed by atoms with E-state index < -0.39 is 6.10 Å². The van der Waals surface area contributed by atoms with E-state index in [1.807, 2.05) is 42.5 Å². The van der Waals surface area contributed by atoms with Crippen molar-refractivity contribution < 1.29 is 9.53 Å². The fraction of sp³-hybridized carbons (Fsp3) is 0.350. The summed E-state index contributed by atoms with van der Waals surface area (Å²) in [5.74, 6) is 0.662. The number of fused-ring (bicyclic) bond motifs is 1. The third-order valence-corrected chi connectivity index (χ3v) is 4.31. The van der Waals surface area contributed by atoms with Gasteiger partial charge in [-0.25, -0.2) is 0 Å². The lowest BCUT2D eigenvalue weighted by Gasteiger charge is -2.35. The second-order valence-corrected chi connectivity index (χ2v) is 7.12. The third kappa shape index (κ3) is 3.02. The van der Waals surface area contributed by atoms with Gasteiger partial charge >= 0.3 is 0 Å². The van der Waals surface area contributed by atoms with Gasteiger partial charge in [-0.2, -0.15) is 0 Å². The number of hydrogen-bond donors (Lipinski definition) is 1. The van der Waals surface area contributed by atoms with Gasteiger partial charge in [-0.05, 0) is 23.1 Å². The molecule has 0 aromatic heterocycles. The zero-order valence-corrected chi connectivity index (χ0v) is 14.5. The predicted octanol–water partition coefficient (Wildman–Crippen LogP) is 3.41. The average molecular weight is 324 g/mol. The van der Waals surface area contributed by atoms with Crippen LogP contribution in [0, 0.1) is 0 Å². The third-order valence-electron chi connectivity index (χ3n) is 4.31. The zero-order chi connectivity index (χ0) is 17.3. The highest BCUT2D eigenvalue weighted by Gasteiger charge is 2.35. The van der Waals surface area contributed by atoms with E-state index in [2.05, 4.69) is 26.8 Å². The molecule has 126 valence electrons. The Morgan fingerprint density at radius 3 is 2.46 bits per heavy atom. The Balaban J connectivity index is 2.06. The number of anilines is 1. The summed E-state index contributed by atoms with van der Waals surface area (Å²) in [4.78, 5) is 14.7. The van der Waals surface area contributed by atoms with Gasteiger partial charge in [0.2, 0.25) is 6.10 Å². The molecule has 1 aliphatic rings. The van der Waals surface area contributed by atoms with Crippen LogP contribution in [0.15, 0.2) is 48.5 Å². The van der Waals surface area contributed by atoms with E-state index >= 15 is 0 Å². The quantitative estimate of drug-likeness (QED) is 0.941. The van der Waals surface area contributed by atoms with Crippen LogP contribution in [-0.2, 0) is 10.2 Å². The van der Waals surface area contributed by atoms with Crippen LogP contribution in [0.5, 0.6) is 5.75 Å². The molecule has 0 saturated carbocycles. The molecular formula is C20H24N2O2. The average Bonchev–Trinajstić information content (AvgIpc) is 2.56. The molecule has 1 unspecified atom stereocenters. The van der Waals surface area contributed by atoms with Crippen LogP contribution in [0.4, 0.5) is 5.69 Å². The summed E-state index contributed by atoms with van der Waals surface area (Å²) < 4.78 is 6.04. The summed E-state index contributed by atoms with van der Waals surface area (Å²) >= 11 is 0. The lowest BCUT2D eigenvalue weighted by molar-refractivity contribution is -0.126. The lowest BCUT2D eigenvalue weighted by atomic mass is 9.86. The smallest absolute Gasteiger partial charge is 0.272 e. The minimum atomic E-state index is -0.620. The van der Waals surface area contributed by atoms with Crippen LogP contribution < -0.4 is 15.4 Å². The highest BCUT2D eigenvalue weighted by atomic mass is 16.5. The molecule has 2 aromatic rings. The molecule has 0 spiro atoms. The van der Waals surface area contributed by atoms with E-state index in [0.717, 1.165) is 22.6 Å². The molecular weight excluding hydrogens is 300 g/mol. The summed E-state index contributed by atoms with van der Waals surface area (Å²) in [6.45, 7) is 7.35. The Labute approximate surface area is 143 Å². The normalized spacial score (nSPS) is 17.4. The molecule has 1 aliphatic heterocycles. The SMILES string of the molecule is CC(C)(C)c1ccc2c(c1)N(CCN)C(=O)C(c1ccccc1)O2. The van der Waals surface area contributed by atoms with Gasteiger partial charge in [-0.1, -0.05) is 57.2 Å². The van der Waals surface area contributed by atoms with Crippen molar-refractivity contribution in [3.05, 3.63) is 59.7 Å². The van der Waals surface area contributed by atoms with Crippen molar-refractivity contribution in [1.29, 1.82) is 0 Å². The molecule has 1 atom stereocenters. The van der Waals surface area contributed by atoms with Crippen molar-refractivity contribution in [1.82, 2.24) is 0 Å². The van der Waals surface area contributed by atoms with Gasteiger partial charge in [0.1, 0.15) is 5.75 Å². The number of nitrogens with zero attached hydrogens (tertiary/aromatic N) is 1. The highest BCUT2D eigenvalue weighted by Crippen LogP contribution is 2.41. The van der Waals surface area contributed by atoms with Crippen LogP contribution in [0.25, 0.3) is 0 Å². The molecule has 1 amide bonds. The molecule has 0 aliphatic carbocycles. The first kappa shape index (κ1) is 16.5. The van der Waals surface area contributed by atoms with E-state index in [1.54, 1.807) is 4.90 Å². The van der Waals surface area contributed by atoms with Gasteiger partial charge in [0.05, 0.1) is 5.69 Å². The fourth-order valence-electron chi connectivity index (χ4n) is 2.93. The largest absolute Gasteiger partial charge is 0.474 e. The number of benzene rings is 2. The standard InChI is InChI=1S/C20H24N2O2/c1-20(2,3)15-9-10-17-16(13-15)22(12-11-21)19(23)18(24-17)14-7-5-4-6-8-14/h4-10,13,18H,11-12,21H2,1-3H3. The van der Waals surface area contributed by atoms with Gasteiger partial charge in [-0.15, -0.1) is 0 Å². The predicted molar refractivity (Wildman–Crippen MR) is 96.4 cm³/mol. The first-order valence-electron chi connectivity index (χ1n) is 8.29. The van der Waals surface area contributed by atoms with Crippen molar-refractivity contribution in [2.45, 2.75) is 32.3 Å². The van der Waals surface area contributed by atoms with Crippen molar-refractivity contribution in [3.63, 3.8) is 0 Å². The van der Waals surface area contributed by atoms with Crippen molar-refractivity contribution in [2.24, 2.45) is 5.73 Å². The van der Waals surface area contributed by atoms with E-state index in [4.69, 9.17) is 10.5 Å². The van der Waals surface area contributed by atoms with Crippen LogP contribution in [0.1, 0.15) is 38.0 Å². The number of nitrogens with two attached hydrogens (primary N) is 1. The number of ether oxygens (including phenoxy) is 1. The second kappa shape index (κ2) is 6.29. The minimum Gasteiger partial charge on any atom is -0.474 e. The van der Waals surface area contributed by atoms with Gasteiger partial charge in [0, 0.05) is 18.7 Å². The topological polar surface area (TPSA) is 55.6 Å². The van der Waals surface area contributed by atoms with Gasteiger partial charge in [0.15, 0.2) is 0 Å². The number of hydrogen-bond acceptors (Lipinski definition) is 3. The first-order chi connectivity index (χ1) is 11.4. The fourth-order valence-corrected chi connectivity index (χ4v) is 2.93. The summed E-state index contributed by atoms with van der Waals surface area (Å²) in [5, 5.41) is 0. The maximum atomic E-state index is 13.0. The Bertz CT molecular complexity index is 735. The van der Waals surface area contributed by atoms with Gasteiger partial charge in [-0.3, -0.25) is 4.79 Å². The molecule has 0 radical (unpaired) electrons. The van der Waals surface area contributed by atoms with Gasteiger partial charge in [0.25, 0.3) is 5.91 Å². The van der Waals surface area contributed by atoms with Crippen molar-refractivity contribution >= 4 is 11.6 Å². The van der Waals surface area contributed by atoms with E-state index in [0.29, 0.717) is 13.1 Å². The Kier molecular flexibility index (Phi) is 4.33. The Morgan fingerprint density at radius 2 is 1.83 bits per heavy atom. The molecule has 24 heavy (non-hydrogen) atoms. The van der Waals surface area contributed by atoms with Crippen LogP contribution in [-0.4, -0.2) is 19.0 Å². The molecule has 0 fully saturated rings. The molecule has 1 heterocycles. The minimum absolute atomic E-state index is 0.00272. The lowest BCUT2D eigenvalue weighted by Crippen LogP contribution is -2.43. The van der Waals surface area contributed by atoms with E-state index in [-0.39, 0.29) is 11.3 Å². The molecule has 3 rings (SSSR count). The van der Waals surface area contributed by atoms with E-state index in [1.165, 1.54) is 0 Å². The maximum Gasteiger partial charge on any atom is 0.272 e. The monoisotopic (exact) mass is 324 g/mol. The Morgan fingerprint density at radius 1 is 1.12 bits per heavy atom. The number of carbonyl (C=O) groups is 1. The molecule has 0 bridgehead atoms. The number of carbonyl (C=O) groups excluding carboxylic acids is 1. The van der Waals surface area contributed by atoms with Gasteiger partial charge < -0.3 is 15.4 Å². The summed E-state index contributed by atoms with van der Waals surface area (Å²) in [6.07, 6.45) is -0.620. The highest BCUT2D eigenvalue weighted by molar-refractivity contribution is 6.00. The number of rotatable bonds is 3. The second-order valence-electron chi connectivity index (χ2n) is 7.12. The molecule has 2 aromatic carbocycles. The summed E-state index contributed by atoms with van der Waals surface area (Å²) in [6, 6.07) is 15.7. The van der Waals surface area contributed by atoms with E-state index in [9.17, 15) is 4.79 Å². The van der Waals surface area contributed by atoms with Crippen molar-refractivity contribution in [3.8, 4) is 5.75 Å².